The standard InChI is InChI=1S/2C20H38O3.Zn/c2*1-3-5-7-9-11-13-15-18(19(21)17-20(22)23)16-14-12-10-8-6-4-2;/h2*18H,3-17H2,1-2H3,(H,22,23);/q;;+2/p-2. The Hall–Kier alpha value is -1.10. The number of rotatable bonds is 34. The number of carbonyl (C=O) groups excluding carboxylic acids is 4. The van der Waals surface area contributed by atoms with E-state index in [0.29, 0.717) is 0 Å². The first kappa shape index (κ1) is 50.3. The number of carbonyl (C=O) groups is 4. The molecule has 0 radical (unpaired) electrons. The Morgan fingerprint density at radius 2 is 0.553 bits per heavy atom. The van der Waals surface area contributed by atoms with Crippen molar-refractivity contribution in [1.82, 2.24) is 0 Å². The van der Waals surface area contributed by atoms with Crippen molar-refractivity contribution in [3.05, 3.63) is 0 Å². The molecule has 0 rings (SSSR count). The number of carboxylic acid groups (broad SMARTS) is 2. The summed E-state index contributed by atoms with van der Waals surface area (Å²) in [6.45, 7) is 8.81. The van der Waals surface area contributed by atoms with Gasteiger partial charge < -0.3 is 19.8 Å². The third-order valence-corrected chi connectivity index (χ3v) is 9.17. The molecular weight excluding hydrogens is 642 g/mol. The second-order valence-electron chi connectivity index (χ2n) is 13.6. The van der Waals surface area contributed by atoms with Crippen LogP contribution in [0.5, 0.6) is 0 Å². The summed E-state index contributed by atoms with van der Waals surface area (Å²) in [6, 6.07) is 0. The zero-order chi connectivity index (χ0) is 34.7. The number of ketones is 2. The Morgan fingerprint density at radius 1 is 0.362 bits per heavy atom. The molecule has 0 fully saturated rings. The van der Waals surface area contributed by atoms with Crippen LogP contribution in [0, 0.1) is 11.8 Å². The average Bonchev–Trinajstić information content (AvgIpc) is 3.01. The van der Waals surface area contributed by atoms with Crippen LogP contribution in [0.25, 0.3) is 0 Å². The molecule has 0 heterocycles. The molecule has 0 spiro atoms. The van der Waals surface area contributed by atoms with Gasteiger partial charge in [-0.25, -0.2) is 0 Å². The van der Waals surface area contributed by atoms with Gasteiger partial charge in [-0.1, -0.05) is 182 Å². The Kier molecular flexibility index (Phi) is 42.1. The summed E-state index contributed by atoms with van der Waals surface area (Å²) in [5.74, 6) is -2.83. The van der Waals surface area contributed by atoms with E-state index in [0.717, 1.165) is 77.0 Å². The van der Waals surface area contributed by atoms with Crippen molar-refractivity contribution in [2.75, 3.05) is 0 Å². The van der Waals surface area contributed by atoms with E-state index in [4.69, 9.17) is 0 Å². The molecule has 47 heavy (non-hydrogen) atoms. The molecule has 0 aliphatic carbocycles. The van der Waals surface area contributed by atoms with Gasteiger partial charge in [0.15, 0.2) is 0 Å². The maximum absolute atomic E-state index is 12.1. The summed E-state index contributed by atoms with van der Waals surface area (Å²) in [7, 11) is 0. The summed E-state index contributed by atoms with van der Waals surface area (Å²) in [4.78, 5) is 45.5. The van der Waals surface area contributed by atoms with E-state index in [1.54, 1.807) is 0 Å². The van der Waals surface area contributed by atoms with Crippen molar-refractivity contribution >= 4 is 23.5 Å². The molecule has 0 amide bonds. The van der Waals surface area contributed by atoms with Gasteiger partial charge in [0.25, 0.3) is 0 Å². The Morgan fingerprint density at radius 3 is 0.745 bits per heavy atom. The average molecular weight is 716 g/mol. The van der Waals surface area contributed by atoms with E-state index < -0.39 is 24.8 Å². The smallest absolute Gasteiger partial charge is 0.550 e. The van der Waals surface area contributed by atoms with Crippen LogP contribution in [0.4, 0.5) is 0 Å². The topological polar surface area (TPSA) is 114 Å². The predicted octanol–water partition coefficient (Wildman–Crippen LogP) is 9.62. The minimum Gasteiger partial charge on any atom is -0.550 e. The molecule has 0 aliphatic rings. The predicted molar refractivity (Wildman–Crippen MR) is 188 cm³/mol. The second kappa shape index (κ2) is 39.3. The summed E-state index contributed by atoms with van der Waals surface area (Å²) in [5, 5.41) is 21.4. The molecule has 0 saturated heterocycles. The third kappa shape index (κ3) is 37.6. The Bertz CT molecular complexity index is 634. The van der Waals surface area contributed by atoms with E-state index >= 15 is 0 Å². The van der Waals surface area contributed by atoms with E-state index in [9.17, 15) is 29.4 Å². The summed E-state index contributed by atoms with van der Waals surface area (Å²) >= 11 is 0. The molecule has 0 aromatic rings. The molecule has 0 saturated carbocycles. The Labute approximate surface area is 303 Å². The molecule has 0 aliphatic heterocycles. The van der Waals surface area contributed by atoms with Crippen LogP contribution in [0.1, 0.15) is 220 Å². The molecule has 0 unspecified atom stereocenters. The van der Waals surface area contributed by atoms with Crippen LogP contribution in [-0.2, 0) is 38.7 Å². The second-order valence-corrected chi connectivity index (χ2v) is 13.6. The van der Waals surface area contributed by atoms with E-state index in [2.05, 4.69) is 27.7 Å². The molecule has 0 aromatic heterocycles. The molecule has 272 valence electrons. The monoisotopic (exact) mass is 714 g/mol. The van der Waals surface area contributed by atoms with Gasteiger partial charge in [0.05, 0.1) is 0 Å². The first-order valence-corrected chi connectivity index (χ1v) is 19.7. The summed E-state index contributed by atoms with van der Waals surface area (Å²) < 4.78 is 0. The van der Waals surface area contributed by atoms with E-state index in [1.807, 2.05) is 0 Å². The fraction of sp³-hybridized carbons (Fsp3) is 0.900. The fourth-order valence-corrected chi connectivity index (χ4v) is 6.19. The molecular formula is C40H74O6Zn. The van der Waals surface area contributed by atoms with Gasteiger partial charge in [0, 0.05) is 36.6 Å². The fourth-order valence-electron chi connectivity index (χ4n) is 6.19. The zero-order valence-electron chi connectivity index (χ0n) is 31.5. The van der Waals surface area contributed by atoms with Gasteiger partial charge in [-0.05, 0) is 25.7 Å². The molecule has 6 nitrogen and oxygen atoms in total. The number of unbranched alkanes of at least 4 members (excludes halogenated alkanes) is 20. The Balaban J connectivity index is -0.000000807. The van der Waals surface area contributed by atoms with Crippen LogP contribution in [0.15, 0.2) is 0 Å². The first-order valence-electron chi connectivity index (χ1n) is 19.7. The molecule has 0 N–H and O–H groups in total. The summed E-state index contributed by atoms with van der Waals surface area (Å²) in [5.41, 5.74) is 0. The number of aliphatic carboxylic acids is 2. The zero-order valence-corrected chi connectivity index (χ0v) is 34.5. The van der Waals surface area contributed by atoms with Gasteiger partial charge in [-0.2, -0.15) is 0 Å². The largest absolute Gasteiger partial charge is 2.00 e. The van der Waals surface area contributed by atoms with Crippen LogP contribution in [0.2, 0.25) is 0 Å². The van der Waals surface area contributed by atoms with Gasteiger partial charge in [0.2, 0.25) is 0 Å². The summed E-state index contributed by atoms with van der Waals surface area (Å²) in [6.07, 6.45) is 31.5. The van der Waals surface area contributed by atoms with Crippen molar-refractivity contribution in [3.8, 4) is 0 Å². The van der Waals surface area contributed by atoms with Crippen molar-refractivity contribution in [1.29, 1.82) is 0 Å². The van der Waals surface area contributed by atoms with Crippen molar-refractivity contribution < 1.29 is 48.9 Å². The van der Waals surface area contributed by atoms with Crippen molar-refractivity contribution in [2.24, 2.45) is 11.8 Å². The maximum Gasteiger partial charge on any atom is 2.00 e. The number of hydrogen-bond donors (Lipinski definition) is 0. The maximum atomic E-state index is 12.1. The first-order chi connectivity index (χ1) is 22.2. The van der Waals surface area contributed by atoms with Crippen LogP contribution < -0.4 is 10.2 Å². The minimum absolute atomic E-state index is 0. The van der Waals surface area contributed by atoms with Gasteiger partial charge in [-0.15, -0.1) is 0 Å². The van der Waals surface area contributed by atoms with Crippen molar-refractivity contribution in [3.63, 3.8) is 0 Å². The molecule has 0 aromatic carbocycles. The van der Waals surface area contributed by atoms with Gasteiger partial charge >= 0.3 is 19.5 Å². The molecule has 0 bridgehead atoms. The van der Waals surface area contributed by atoms with Crippen LogP contribution in [0.3, 0.4) is 0 Å². The third-order valence-electron chi connectivity index (χ3n) is 9.17. The number of carboxylic acids is 2. The van der Waals surface area contributed by atoms with E-state index in [-0.39, 0.29) is 42.9 Å². The number of hydrogen-bond acceptors (Lipinski definition) is 6. The molecule has 7 heteroatoms. The SMILES string of the molecule is CCCCCCCCC(CCCCCCCC)C(=O)CC(=O)[O-].CCCCCCCCC(CCCCCCCC)C(=O)CC(=O)[O-].[Zn+2]. The minimum atomic E-state index is -1.23. The quantitative estimate of drug-likeness (QED) is 0.0372. The van der Waals surface area contributed by atoms with Gasteiger partial charge in [-0.3, -0.25) is 9.59 Å². The number of Topliss-reactive ketones (excluding diaryl/α,β-unsaturated/α-hetero) is 2. The van der Waals surface area contributed by atoms with E-state index in [1.165, 1.54) is 103 Å². The normalized spacial score (nSPS) is 10.9. The van der Waals surface area contributed by atoms with Crippen LogP contribution in [-0.4, -0.2) is 23.5 Å². The van der Waals surface area contributed by atoms with Gasteiger partial charge in [0.1, 0.15) is 11.6 Å². The van der Waals surface area contributed by atoms with Crippen LogP contribution >= 0.6 is 0 Å². The van der Waals surface area contributed by atoms with Crippen molar-refractivity contribution in [2.45, 2.75) is 220 Å². The molecule has 0 atom stereocenters.